The van der Waals surface area contributed by atoms with Crippen molar-refractivity contribution in [2.45, 2.75) is 18.0 Å². The molecule has 3 N–H and O–H groups in total. The van der Waals surface area contributed by atoms with Crippen LogP contribution in [-0.4, -0.2) is 18.9 Å². The Balaban J connectivity index is 1.69. The number of nitrogens with zero attached hydrogens (tertiary/aromatic N) is 1. The smallest absolute Gasteiger partial charge is 0.268 e. The van der Waals surface area contributed by atoms with Gasteiger partial charge < -0.3 is 9.88 Å². The van der Waals surface area contributed by atoms with Crippen LogP contribution in [0.15, 0.2) is 77.8 Å². The molecule has 134 valence electrons. The highest BCUT2D eigenvalue weighted by Crippen LogP contribution is 2.11. The van der Waals surface area contributed by atoms with Crippen molar-refractivity contribution >= 4 is 15.9 Å². The molecule has 0 saturated carbocycles. The number of aromatic nitrogens is 1. The lowest BCUT2D eigenvalue weighted by atomic mass is 10.2. The number of rotatable bonds is 6. The molecule has 3 rings (SSSR count). The molecule has 7 heteroatoms. The first-order valence-corrected chi connectivity index (χ1v) is 9.57. The van der Waals surface area contributed by atoms with Crippen LogP contribution in [0.3, 0.4) is 0 Å². The summed E-state index contributed by atoms with van der Waals surface area (Å²) in [6.45, 7) is 0.802. The first kappa shape index (κ1) is 17.9. The highest BCUT2D eigenvalue weighted by molar-refractivity contribution is 7.89. The molecule has 1 amide bonds. The fraction of sp³-hybridized carbons (Fsp3) is 0.105. The van der Waals surface area contributed by atoms with Gasteiger partial charge in [0.05, 0.1) is 4.90 Å². The summed E-state index contributed by atoms with van der Waals surface area (Å²) >= 11 is 0. The second-order valence-corrected chi connectivity index (χ2v) is 7.44. The van der Waals surface area contributed by atoms with Crippen LogP contribution in [0.1, 0.15) is 21.6 Å². The van der Waals surface area contributed by atoms with E-state index in [1.54, 1.807) is 18.2 Å². The molecule has 1 heterocycles. The Hall–Kier alpha value is -2.90. The van der Waals surface area contributed by atoms with E-state index in [9.17, 15) is 13.2 Å². The van der Waals surface area contributed by atoms with Gasteiger partial charge in [-0.1, -0.05) is 42.5 Å². The number of hydrogen-bond donors (Lipinski definition) is 2. The third kappa shape index (κ3) is 4.38. The standard InChI is InChI=1S/C19H19N3O3S/c20-26(24,25)17-9-4-8-16(12-17)13-21-19(23)18-10-5-11-22(18)14-15-6-2-1-3-7-15/h1-12H,13-14H2,(H,21,23)(H2,20,24,25). The quantitative estimate of drug-likeness (QED) is 0.697. The summed E-state index contributed by atoms with van der Waals surface area (Å²) in [7, 11) is -3.77. The molecule has 0 fully saturated rings. The highest BCUT2D eigenvalue weighted by atomic mass is 32.2. The van der Waals surface area contributed by atoms with Crippen molar-refractivity contribution in [2.75, 3.05) is 0 Å². The maximum absolute atomic E-state index is 12.5. The van der Waals surface area contributed by atoms with E-state index in [2.05, 4.69) is 5.32 Å². The number of sulfonamides is 1. The molecule has 0 unspecified atom stereocenters. The van der Waals surface area contributed by atoms with E-state index < -0.39 is 10.0 Å². The molecule has 3 aromatic rings. The summed E-state index contributed by atoms with van der Waals surface area (Å²) in [4.78, 5) is 12.5. The van der Waals surface area contributed by atoms with Crippen LogP contribution in [0.4, 0.5) is 0 Å². The van der Waals surface area contributed by atoms with Gasteiger partial charge in [-0.3, -0.25) is 4.79 Å². The van der Waals surface area contributed by atoms with Gasteiger partial charge in [0.2, 0.25) is 10.0 Å². The zero-order valence-electron chi connectivity index (χ0n) is 14.0. The molecular formula is C19H19N3O3S. The maximum Gasteiger partial charge on any atom is 0.268 e. The second kappa shape index (κ2) is 7.55. The number of nitrogens with two attached hydrogens (primary N) is 1. The average Bonchev–Trinajstić information content (AvgIpc) is 3.08. The summed E-state index contributed by atoms with van der Waals surface area (Å²) in [6, 6.07) is 19.6. The zero-order valence-corrected chi connectivity index (χ0v) is 14.8. The Morgan fingerprint density at radius 2 is 1.69 bits per heavy atom. The molecule has 0 aliphatic carbocycles. The van der Waals surface area contributed by atoms with Gasteiger partial charge in [-0.05, 0) is 35.4 Å². The summed E-state index contributed by atoms with van der Waals surface area (Å²) in [6.07, 6.45) is 1.85. The van der Waals surface area contributed by atoms with Crippen LogP contribution in [0.25, 0.3) is 0 Å². The van der Waals surface area contributed by atoms with E-state index in [1.807, 2.05) is 47.2 Å². The van der Waals surface area contributed by atoms with Crippen molar-refractivity contribution in [3.63, 3.8) is 0 Å². The largest absolute Gasteiger partial charge is 0.347 e. The summed E-state index contributed by atoms with van der Waals surface area (Å²) < 4.78 is 24.7. The number of primary sulfonamides is 1. The van der Waals surface area contributed by atoms with Crippen molar-refractivity contribution in [3.8, 4) is 0 Å². The lowest BCUT2D eigenvalue weighted by molar-refractivity contribution is 0.0942. The van der Waals surface area contributed by atoms with Crippen LogP contribution in [-0.2, 0) is 23.1 Å². The summed E-state index contributed by atoms with van der Waals surface area (Å²) in [5.41, 5.74) is 2.29. The molecule has 0 radical (unpaired) electrons. The fourth-order valence-electron chi connectivity index (χ4n) is 2.64. The van der Waals surface area contributed by atoms with Gasteiger partial charge in [0, 0.05) is 19.3 Å². The average molecular weight is 369 g/mol. The van der Waals surface area contributed by atoms with Gasteiger partial charge in [0.15, 0.2) is 0 Å². The van der Waals surface area contributed by atoms with Gasteiger partial charge in [-0.2, -0.15) is 0 Å². The highest BCUT2D eigenvalue weighted by Gasteiger charge is 2.12. The summed E-state index contributed by atoms with van der Waals surface area (Å²) in [5, 5.41) is 7.94. The molecule has 26 heavy (non-hydrogen) atoms. The third-order valence-corrected chi connectivity index (χ3v) is 4.85. The number of nitrogens with one attached hydrogen (secondary N) is 1. The van der Waals surface area contributed by atoms with E-state index >= 15 is 0 Å². The molecule has 0 aliphatic heterocycles. The molecule has 0 aliphatic rings. The number of carbonyl (C=O) groups excluding carboxylic acids is 1. The first-order valence-electron chi connectivity index (χ1n) is 8.02. The lowest BCUT2D eigenvalue weighted by Gasteiger charge is -2.10. The van der Waals surface area contributed by atoms with E-state index in [-0.39, 0.29) is 17.3 Å². The minimum Gasteiger partial charge on any atom is -0.347 e. The Bertz CT molecular complexity index is 1010. The van der Waals surface area contributed by atoms with Crippen molar-refractivity contribution in [2.24, 2.45) is 5.14 Å². The van der Waals surface area contributed by atoms with Gasteiger partial charge >= 0.3 is 0 Å². The Labute approximate surface area is 152 Å². The minimum absolute atomic E-state index is 0.0247. The Morgan fingerprint density at radius 1 is 0.962 bits per heavy atom. The van der Waals surface area contributed by atoms with Crippen molar-refractivity contribution in [1.29, 1.82) is 0 Å². The van der Waals surface area contributed by atoms with Gasteiger partial charge in [-0.15, -0.1) is 0 Å². The Kier molecular flexibility index (Phi) is 5.20. The molecule has 0 bridgehead atoms. The maximum atomic E-state index is 12.5. The van der Waals surface area contributed by atoms with Crippen LogP contribution in [0.5, 0.6) is 0 Å². The fourth-order valence-corrected chi connectivity index (χ4v) is 3.23. The molecule has 2 aromatic carbocycles. The van der Waals surface area contributed by atoms with E-state index in [1.165, 1.54) is 12.1 Å². The molecule has 0 atom stereocenters. The molecule has 6 nitrogen and oxygen atoms in total. The molecule has 0 saturated heterocycles. The van der Waals surface area contributed by atoms with Gasteiger partial charge in [0.1, 0.15) is 5.69 Å². The van der Waals surface area contributed by atoms with Crippen LogP contribution < -0.4 is 10.5 Å². The third-order valence-electron chi connectivity index (χ3n) is 3.94. The van der Waals surface area contributed by atoms with Crippen molar-refractivity contribution in [1.82, 2.24) is 9.88 Å². The van der Waals surface area contributed by atoms with Crippen LogP contribution >= 0.6 is 0 Å². The number of amides is 1. The van der Waals surface area contributed by atoms with E-state index in [0.717, 1.165) is 5.56 Å². The van der Waals surface area contributed by atoms with Crippen molar-refractivity contribution < 1.29 is 13.2 Å². The second-order valence-electron chi connectivity index (χ2n) is 5.88. The van der Waals surface area contributed by atoms with E-state index in [4.69, 9.17) is 5.14 Å². The predicted octanol–water partition coefficient (Wildman–Crippen LogP) is 2.11. The predicted molar refractivity (Wildman–Crippen MR) is 99.0 cm³/mol. The van der Waals surface area contributed by atoms with Crippen LogP contribution in [0, 0.1) is 0 Å². The molecular weight excluding hydrogens is 350 g/mol. The van der Waals surface area contributed by atoms with Crippen LogP contribution in [0.2, 0.25) is 0 Å². The minimum atomic E-state index is -3.77. The van der Waals surface area contributed by atoms with Crippen molar-refractivity contribution in [3.05, 3.63) is 89.7 Å². The zero-order chi connectivity index (χ0) is 18.6. The Morgan fingerprint density at radius 3 is 2.42 bits per heavy atom. The van der Waals surface area contributed by atoms with Gasteiger partial charge in [-0.25, -0.2) is 13.6 Å². The SMILES string of the molecule is NS(=O)(=O)c1cccc(CNC(=O)c2cccn2Cc2ccccc2)c1. The monoisotopic (exact) mass is 369 g/mol. The first-order chi connectivity index (χ1) is 12.4. The lowest BCUT2D eigenvalue weighted by Crippen LogP contribution is -2.25. The van der Waals surface area contributed by atoms with E-state index in [0.29, 0.717) is 17.8 Å². The summed E-state index contributed by atoms with van der Waals surface area (Å²) in [5.74, 6) is -0.230. The topological polar surface area (TPSA) is 94.2 Å². The number of carbonyl (C=O) groups is 1. The normalized spacial score (nSPS) is 11.3. The van der Waals surface area contributed by atoms with Gasteiger partial charge in [0.25, 0.3) is 5.91 Å². The molecule has 0 spiro atoms. The number of benzene rings is 2. The molecule has 1 aromatic heterocycles. The number of hydrogen-bond acceptors (Lipinski definition) is 3.